The minimum Gasteiger partial charge on any atom is -0.429 e. The Balaban J connectivity index is 1.06. The lowest BCUT2D eigenvalue weighted by molar-refractivity contribution is -0.198. The van der Waals surface area contributed by atoms with Gasteiger partial charge < -0.3 is 71.2 Å². The van der Waals surface area contributed by atoms with Gasteiger partial charge in [0, 0.05) is 83.5 Å². The minimum atomic E-state index is -1.18. The Morgan fingerprint density at radius 3 is 1.98 bits per heavy atom. The Labute approximate surface area is 667 Å². The number of primary amides is 1. The van der Waals surface area contributed by atoms with E-state index in [1.54, 1.807) is 82.0 Å². The first-order valence-corrected chi connectivity index (χ1v) is 40.2. The molecular formula is C80H120N12O20S. The maximum Gasteiger partial charge on any atom is 0.508 e. The molecule has 3 heterocycles. The normalized spacial score (nSPS) is 19.0. The highest BCUT2D eigenvalue weighted by Crippen LogP contribution is 2.52. The number of rotatable bonds is 45. The fraction of sp³-hybridized carbons (Fsp3) is 0.662. The molecule has 32 nitrogen and oxygen atoms in total. The van der Waals surface area contributed by atoms with Gasteiger partial charge >= 0.3 is 18.2 Å². The van der Waals surface area contributed by atoms with Crippen LogP contribution in [0.25, 0.3) is 0 Å². The van der Waals surface area contributed by atoms with E-state index in [9.17, 15) is 67.1 Å². The first-order valence-electron chi connectivity index (χ1n) is 39.2. The molecule has 12 atom stereocenters. The van der Waals surface area contributed by atoms with Gasteiger partial charge in [0.1, 0.15) is 30.8 Å². The third-order valence-electron chi connectivity index (χ3n) is 21.5. The number of anilines is 1. The highest BCUT2D eigenvalue weighted by atomic mass is 32.2. The largest absolute Gasteiger partial charge is 0.508 e. The number of hydroxylamine groups is 2. The lowest BCUT2D eigenvalue weighted by Crippen LogP contribution is -2.59. The summed E-state index contributed by atoms with van der Waals surface area (Å²) in [5.41, 5.74) is 7.76. The van der Waals surface area contributed by atoms with Gasteiger partial charge in [-0.25, -0.2) is 14.4 Å². The number of imide groups is 2. The first-order chi connectivity index (χ1) is 53.3. The Morgan fingerprint density at radius 2 is 1.40 bits per heavy atom. The first kappa shape index (κ1) is 92.8. The third kappa shape index (κ3) is 26.8. The lowest BCUT2D eigenvalue weighted by Gasteiger charge is -2.41. The fourth-order valence-electron chi connectivity index (χ4n) is 14.8. The number of aryl methyl sites for hydroxylation is 2. The molecular weight excluding hydrogens is 1480 g/mol. The monoisotopic (exact) mass is 1600 g/mol. The number of methoxy groups -OCH3 is 2. The maximum absolute atomic E-state index is 15.1. The van der Waals surface area contributed by atoms with Crippen LogP contribution in [0.2, 0.25) is 0 Å². The number of ether oxygens (including phenoxy) is 4. The average molecular weight is 1600 g/mol. The van der Waals surface area contributed by atoms with Crippen molar-refractivity contribution >= 4 is 106 Å². The number of thioether (sulfide) groups is 1. The number of nitrogens with one attached hydrogen (secondary N) is 6. The van der Waals surface area contributed by atoms with E-state index in [2.05, 4.69) is 31.9 Å². The molecule has 13 amide bonds. The van der Waals surface area contributed by atoms with Gasteiger partial charge in [0.05, 0.1) is 67.4 Å². The molecule has 0 radical (unpaired) electrons. The molecule has 3 saturated heterocycles. The number of nitrogens with two attached hydrogens (primary N) is 1. The Kier molecular flexibility index (Phi) is 35.7. The molecule has 2 aromatic rings. The number of hydrogen-bond acceptors (Lipinski definition) is 22. The molecule has 0 aromatic heterocycles. The number of nitrogens with zero attached hydrogens (tertiary/aromatic N) is 5. The van der Waals surface area contributed by atoms with E-state index in [0.717, 1.165) is 11.1 Å². The van der Waals surface area contributed by atoms with Gasteiger partial charge in [-0.05, 0) is 119 Å². The average Bonchev–Trinajstić information content (AvgIpc) is 1.71. The van der Waals surface area contributed by atoms with E-state index in [4.69, 9.17) is 29.5 Å². The number of benzene rings is 2. The van der Waals surface area contributed by atoms with E-state index in [1.807, 2.05) is 67.5 Å². The van der Waals surface area contributed by atoms with Gasteiger partial charge in [-0.1, -0.05) is 111 Å². The highest BCUT2D eigenvalue weighted by molar-refractivity contribution is 8.00. The van der Waals surface area contributed by atoms with Crippen LogP contribution in [0.4, 0.5) is 15.3 Å². The van der Waals surface area contributed by atoms with Gasteiger partial charge in [0.25, 0.3) is 11.8 Å². The summed E-state index contributed by atoms with van der Waals surface area (Å²) in [6.07, 6.45) is -0.915. The smallest absolute Gasteiger partial charge is 0.429 e. The molecule has 113 heavy (non-hydrogen) atoms. The number of carbonyl (C=O) groups excluding carboxylic acids is 15. The molecule has 1 unspecified atom stereocenters. The number of Topliss-reactive ketones (excluding diaryl/α,β-unsaturated/α-hetero) is 1. The number of urea groups is 1. The molecule has 6 rings (SSSR count). The zero-order valence-electron chi connectivity index (χ0n) is 68.4. The molecule has 626 valence electrons. The zero-order valence-corrected chi connectivity index (χ0v) is 69.3. The van der Waals surface area contributed by atoms with Gasteiger partial charge in [-0.3, -0.25) is 67.3 Å². The quantitative estimate of drug-likeness (QED) is 0.0178. The van der Waals surface area contributed by atoms with E-state index in [1.165, 1.54) is 35.8 Å². The van der Waals surface area contributed by atoms with Crippen molar-refractivity contribution in [2.45, 2.75) is 239 Å². The number of amides is 13. The molecule has 33 heteroatoms. The molecule has 0 spiro atoms. The second-order valence-corrected chi connectivity index (χ2v) is 32.8. The van der Waals surface area contributed by atoms with Gasteiger partial charge in [-0.15, -0.1) is 16.8 Å². The van der Waals surface area contributed by atoms with Crippen molar-refractivity contribution in [3.63, 3.8) is 0 Å². The van der Waals surface area contributed by atoms with Crippen LogP contribution in [-0.4, -0.2) is 241 Å². The Morgan fingerprint density at radius 1 is 0.735 bits per heavy atom. The number of carbonyl (C=O) groups is 15. The van der Waals surface area contributed by atoms with Crippen LogP contribution in [0.15, 0.2) is 42.5 Å². The predicted molar refractivity (Wildman–Crippen MR) is 419 cm³/mol. The van der Waals surface area contributed by atoms with Crippen LogP contribution >= 0.6 is 11.8 Å². The summed E-state index contributed by atoms with van der Waals surface area (Å²) >= 11 is 1.29. The summed E-state index contributed by atoms with van der Waals surface area (Å²) in [6, 6.07) is 5.58. The molecule has 8 N–H and O–H groups in total. The van der Waals surface area contributed by atoms with Crippen molar-refractivity contribution < 1.29 is 95.7 Å². The summed E-state index contributed by atoms with van der Waals surface area (Å²) in [7, 11) is 8.08. The van der Waals surface area contributed by atoms with E-state index in [-0.39, 0.29) is 143 Å². The van der Waals surface area contributed by atoms with Crippen molar-refractivity contribution in [2.24, 2.45) is 40.7 Å². The molecule has 4 fully saturated rings. The van der Waals surface area contributed by atoms with Crippen molar-refractivity contribution in [1.29, 1.82) is 0 Å². The van der Waals surface area contributed by atoms with Crippen LogP contribution in [0.1, 0.15) is 186 Å². The predicted octanol–water partition coefficient (Wildman–Crippen LogP) is 5.79. The second kappa shape index (κ2) is 43.4. The molecule has 3 aliphatic heterocycles. The summed E-state index contributed by atoms with van der Waals surface area (Å²) in [5.74, 6) is -7.83. The van der Waals surface area contributed by atoms with Crippen molar-refractivity contribution in [2.75, 3.05) is 72.6 Å². The minimum absolute atomic E-state index is 0.0000533. The number of unbranched alkanes of at least 4 members (excludes halogenated alkanes) is 2. The van der Waals surface area contributed by atoms with Gasteiger partial charge in [0.15, 0.2) is 5.78 Å². The van der Waals surface area contributed by atoms with Gasteiger partial charge in [-0.2, -0.15) is 0 Å². The molecule has 4 aliphatic rings. The molecule has 0 bridgehead atoms. The van der Waals surface area contributed by atoms with Crippen LogP contribution in [0.5, 0.6) is 0 Å². The van der Waals surface area contributed by atoms with Crippen molar-refractivity contribution in [1.82, 2.24) is 51.2 Å². The Bertz CT molecular complexity index is 3700. The van der Waals surface area contributed by atoms with E-state index < -0.39 is 137 Å². The van der Waals surface area contributed by atoms with Crippen molar-refractivity contribution in [3.8, 4) is 0 Å². The van der Waals surface area contributed by atoms with Crippen LogP contribution in [0.3, 0.4) is 0 Å². The second-order valence-electron chi connectivity index (χ2n) is 31.7. The summed E-state index contributed by atoms with van der Waals surface area (Å²) < 4.78 is 23.7. The third-order valence-corrected chi connectivity index (χ3v) is 23.1. The van der Waals surface area contributed by atoms with Crippen LogP contribution < -0.4 is 37.6 Å². The number of ketones is 1. The number of hydrogen-bond donors (Lipinski definition) is 7. The maximum atomic E-state index is 15.1. The van der Waals surface area contributed by atoms with Gasteiger partial charge in [0.2, 0.25) is 53.2 Å². The summed E-state index contributed by atoms with van der Waals surface area (Å²) in [4.78, 5) is 212. The summed E-state index contributed by atoms with van der Waals surface area (Å²) in [5, 5.41) is 16.4. The van der Waals surface area contributed by atoms with E-state index in [0.29, 0.717) is 60.5 Å². The number of likely N-dealkylation sites (tertiary alicyclic amines) is 2. The van der Waals surface area contributed by atoms with Crippen LogP contribution in [0, 0.1) is 48.9 Å². The zero-order chi connectivity index (χ0) is 83.9. The lowest BCUT2D eigenvalue weighted by atomic mass is 9.89. The summed E-state index contributed by atoms with van der Waals surface area (Å²) in [6.45, 7) is 19.7. The SMILES string of the molecule is CC[C@H](C)[C@@H]([C@@H](CC(=O)N1C[C@@H](OC(=O)OCc2ccc(NC(=O)[C@H](CCCNC(N)=O)NC(=O)[C@@H](NC(=O)CCCCCN3C(=O)CC(SCC4(CC(=O)ON5C(=O)CCC5=O)CC4)C3=O)C(C)C)cc2)C[C@H]1[C@H](OC)[C@@H](C)C(=O)NCC(=O)c1ccc(C)cc1C)OC)N(C)C(=O)[C@@H](NC(=O)[C@H](C(C)C)N(C)C)C(C)C. The topological polar surface area (TPSA) is 417 Å². The highest BCUT2D eigenvalue weighted by Gasteiger charge is 2.50. The molecule has 1 aliphatic carbocycles. The molecule has 2 aromatic carbocycles. The van der Waals surface area contributed by atoms with Crippen molar-refractivity contribution in [3.05, 3.63) is 64.7 Å². The standard InChI is InChI=1S/C80H120N12O20S/c1-17-49(9)70(89(14)77(105)68(46(4)5)87-75(103)69(47(6)7)88(12)13)59(108-15)38-64(97)91-42-54(37-57(91)71(109-16)51(11)72(100)83-41-58(93)55-29-24-48(8)36-50(55)10)111-79(107)110-43-52-25-27-53(28-26-52)84-73(101)56(22-21-34-82-78(81)106)85-74(102)67(45(2)3)86-61(94)23-19-18-20-35-90-65(98)39-60(76(90)104)113-44-80(32-33-80)40-66(99)112-92-62(95)30-31-63(92)96/h24-29,36,45-47,49,51,54,56-57,59-60,67-71H,17-23,30-35,37-44H2,1-16H3,(H,83,100)(H,84,101)(H,85,102)(H,86,94)(H,87,103)(H3,81,82,106)/t49-,51+,54-,56-,57-,59+,60?,67-,68-,69-,70-,71+/m0/s1. The molecule has 1 saturated carbocycles. The number of likely N-dealkylation sites (N-methyl/N-ethyl adjacent to an activating group) is 2. The van der Waals surface area contributed by atoms with Crippen LogP contribution in [-0.2, 0) is 87.9 Å². The fourth-order valence-corrected chi connectivity index (χ4v) is 16.2. The Hall–Kier alpha value is -9.08. The van der Waals surface area contributed by atoms with E-state index >= 15 is 4.79 Å².